The summed E-state index contributed by atoms with van der Waals surface area (Å²) in [5.74, 6) is 2.19. The molecule has 0 aliphatic heterocycles. The molecule has 2 amide bonds. The van der Waals surface area contributed by atoms with Crippen molar-refractivity contribution in [1.29, 1.82) is 0 Å². The third kappa shape index (κ3) is 57.2. The van der Waals surface area contributed by atoms with Gasteiger partial charge in [0.15, 0.2) is 0 Å². The van der Waals surface area contributed by atoms with Gasteiger partial charge in [-0.1, -0.05) is 12.5 Å². The van der Waals surface area contributed by atoms with Crippen LogP contribution in [0.3, 0.4) is 0 Å². The van der Waals surface area contributed by atoms with Crippen LogP contribution in [0.15, 0.2) is 12.7 Å². The van der Waals surface area contributed by atoms with E-state index in [1.54, 1.807) is 0 Å². The Balaban J connectivity index is 0. The number of hydroxylamine groups is 1. The van der Waals surface area contributed by atoms with E-state index in [2.05, 4.69) is 24.7 Å². The first-order chi connectivity index (χ1) is 4.18. The normalized spacial score (nSPS) is 5.33. The zero-order valence-electron chi connectivity index (χ0n) is 4.79. The quantitative estimate of drug-likeness (QED) is 0.241. The van der Waals surface area contributed by atoms with Gasteiger partial charge >= 0.3 is 6.03 Å². The second-order valence-corrected chi connectivity index (χ2v) is 0.847. The summed E-state index contributed by atoms with van der Waals surface area (Å²) >= 11 is 0. The first-order valence-corrected chi connectivity index (χ1v) is 1.95. The number of allylic oxidation sites excluding steroid dienone is 1. The Morgan fingerprint density at radius 2 is 2.22 bits per heavy atom. The molecule has 50 valence electrons. The lowest BCUT2D eigenvalue weighted by molar-refractivity contribution is 0.169. The lowest BCUT2D eigenvalue weighted by Crippen LogP contribution is -2.25. The molecule has 0 aliphatic rings. The van der Waals surface area contributed by atoms with Crippen molar-refractivity contribution in [3.63, 3.8) is 0 Å². The van der Waals surface area contributed by atoms with E-state index in [9.17, 15) is 4.79 Å². The summed E-state index contributed by atoms with van der Waals surface area (Å²) in [7, 11) is 0. The molecule has 0 atom stereocenters. The first kappa shape index (κ1) is 10.5. The third-order valence-electron chi connectivity index (χ3n) is 0.228. The van der Waals surface area contributed by atoms with Gasteiger partial charge in [-0.15, -0.1) is 6.42 Å². The van der Waals surface area contributed by atoms with Crippen LogP contribution in [0, 0.1) is 12.3 Å². The van der Waals surface area contributed by atoms with Crippen molar-refractivity contribution in [2.45, 2.75) is 0 Å². The van der Waals surface area contributed by atoms with Crippen LogP contribution in [0.2, 0.25) is 0 Å². The van der Waals surface area contributed by atoms with Gasteiger partial charge in [-0.2, -0.15) is 0 Å². The number of amides is 2. The van der Waals surface area contributed by atoms with Crippen LogP contribution in [-0.4, -0.2) is 11.2 Å². The van der Waals surface area contributed by atoms with Gasteiger partial charge in [-0.05, 0) is 6.08 Å². The Bertz CT molecular complexity index is 125. The van der Waals surface area contributed by atoms with Crippen LogP contribution in [0.4, 0.5) is 4.79 Å². The second kappa shape index (κ2) is 9.73. The summed E-state index contributed by atoms with van der Waals surface area (Å²) in [5.41, 5.74) is 5.46. The fourth-order valence-electron chi connectivity index (χ4n) is 0. The number of urea groups is 1. The highest BCUT2D eigenvalue weighted by molar-refractivity contribution is 5.69. The summed E-state index contributed by atoms with van der Waals surface area (Å²) in [5, 5.41) is 7.42. The SMILES string of the molecule is C#CC=C.NC(=O)NO. The van der Waals surface area contributed by atoms with Gasteiger partial charge in [-0.3, -0.25) is 5.21 Å². The van der Waals surface area contributed by atoms with Crippen molar-refractivity contribution in [3.8, 4) is 12.3 Å². The first-order valence-electron chi connectivity index (χ1n) is 1.95. The highest BCUT2D eigenvalue weighted by Crippen LogP contribution is 1.41. The Labute approximate surface area is 53.3 Å². The van der Waals surface area contributed by atoms with Gasteiger partial charge in [0.2, 0.25) is 0 Å². The molecular formula is C5H8N2O2. The van der Waals surface area contributed by atoms with E-state index in [0.717, 1.165) is 0 Å². The maximum absolute atomic E-state index is 9.23. The van der Waals surface area contributed by atoms with E-state index in [0.29, 0.717) is 0 Å². The summed E-state index contributed by atoms with van der Waals surface area (Å²) in [6, 6.07) is -0.940. The minimum atomic E-state index is -0.940. The van der Waals surface area contributed by atoms with Crippen LogP contribution >= 0.6 is 0 Å². The Morgan fingerprint density at radius 1 is 2.00 bits per heavy atom. The minimum Gasteiger partial charge on any atom is -0.350 e. The van der Waals surface area contributed by atoms with Crippen LogP contribution in [-0.2, 0) is 0 Å². The maximum atomic E-state index is 9.23. The van der Waals surface area contributed by atoms with Crippen LogP contribution in [0.5, 0.6) is 0 Å². The second-order valence-electron chi connectivity index (χ2n) is 0.847. The molecule has 0 aromatic heterocycles. The number of carbonyl (C=O) groups is 1. The molecule has 0 aliphatic carbocycles. The molecule has 0 rings (SSSR count). The Kier molecular flexibility index (Phi) is 11.4. The topological polar surface area (TPSA) is 75.4 Å². The molecule has 0 saturated heterocycles. The number of primary amides is 1. The molecule has 0 unspecified atom stereocenters. The zero-order chi connectivity index (χ0) is 7.70. The predicted molar refractivity (Wildman–Crippen MR) is 33.5 cm³/mol. The fraction of sp³-hybridized carbons (Fsp3) is 0. The van der Waals surface area contributed by atoms with E-state index in [1.807, 2.05) is 0 Å². The van der Waals surface area contributed by atoms with E-state index in [-0.39, 0.29) is 0 Å². The monoisotopic (exact) mass is 128 g/mol. The molecule has 9 heavy (non-hydrogen) atoms. The predicted octanol–water partition coefficient (Wildman–Crippen LogP) is -0.150. The molecule has 0 aromatic carbocycles. The summed E-state index contributed by atoms with van der Waals surface area (Å²) in [4.78, 5) is 9.23. The summed E-state index contributed by atoms with van der Waals surface area (Å²) in [6.45, 7) is 3.24. The lowest BCUT2D eigenvalue weighted by atomic mass is 10.7. The average Bonchev–Trinajstić information content (AvgIpc) is 1.89. The standard InChI is InChI=1S/C4H4.CH4N2O2/c1-3-4-2;2-1(4)3-5/h1,4H,2H2;5H,(H3,2,3,4). The molecule has 0 heterocycles. The minimum absolute atomic E-state index is 0.940. The summed E-state index contributed by atoms with van der Waals surface area (Å²) in [6.07, 6.45) is 6.06. The Hall–Kier alpha value is -1.47. The highest BCUT2D eigenvalue weighted by atomic mass is 16.5. The summed E-state index contributed by atoms with van der Waals surface area (Å²) < 4.78 is 0. The van der Waals surface area contributed by atoms with Gasteiger partial charge in [-0.25, -0.2) is 10.3 Å². The van der Waals surface area contributed by atoms with Crippen molar-refractivity contribution in [1.82, 2.24) is 5.48 Å². The molecule has 0 fully saturated rings. The molecular weight excluding hydrogens is 120 g/mol. The number of hydrogen-bond acceptors (Lipinski definition) is 2. The molecule has 4 heteroatoms. The zero-order valence-corrected chi connectivity index (χ0v) is 4.79. The van der Waals surface area contributed by atoms with Gasteiger partial charge in [0.25, 0.3) is 0 Å². The van der Waals surface area contributed by atoms with Crippen molar-refractivity contribution in [2.24, 2.45) is 5.73 Å². The van der Waals surface area contributed by atoms with Crippen LogP contribution in [0.25, 0.3) is 0 Å². The molecule has 0 radical (unpaired) electrons. The van der Waals surface area contributed by atoms with E-state index >= 15 is 0 Å². The lowest BCUT2D eigenvalue weighted by Gasteiger charge is -1.79. The number of terminal acetylenes is 1. The van der Waals surface area contributed by atoms with E-state index in [4.69, 9.17) is 5.21 Å². The third-order valence-corrected chi connectivity index (χ3v) is 0.228. The van der Waals surface area contributed by atoms with Crippen LogP contribution in [0.1, 0.15) is 0 Å². The van der Waals surface area contributed by atoms with E-state index < -0.39 is 6.03 Å². The average molecular weight is 128 g/mol. The highest BCUT2D eigenvalue weighted by Gasteiger charge is 1.75. The fourth-order valence-corrected chi connectivity index (χ4v) is 0. The van der Waals surface area contributed by atoms with Crippen molar-refractivity contribution in [2.75, 3.05) is 0 Å². The van der Waals surface area contributed by atoms with Crippen molar-refractivity contribution >= 4 is 6.03 Å². The Morgan fingerprint density at radius 3 is 2.22 bits per heavy atom. The van der Waals surface area contributed by atoms with Gasteiger partial charge in [0.05, 0.1) is 0 Å². The molecule has 4 nitrogen and oxygen atoms in total. The van der Waals surface area contributed by atoms with E-state index in [1.165, 1.54) is 11.6 Å². The van der Waals surface area contributed by atoms with Gasteiger partial charge in [0, 0.05) is 0 Å². The molecule has 0 spiro atoms. The smallest absolute Gasteiger partial charge is 0.335 e. The van der Waals surface area contributed by atoms with Crippen molar-refractivity contribution < 1.29 is 10.0 Å². The van der Waals surface area contributed by atoms with Crippen molar-refractivity contribution in [3.05, 3.63) is 12.7 Å². The maximum Gasteiger partial charge on any atom is 0.335 e. The molecule has 0 aromatic rings. The molecule has 0 bridgehead atoms. The number of carbonyl (C=O) groups excluding carboxylic acids is 1. The largest absolute Gasteiger partial charge is 0.350 e. The number of nitrogens with one attached hydrogen (secondary N) is 1. The number of hydrogen-bond donors (Lipinski definition) is 3. The van der Waals surface area contributed by atoms with Gasteiger partial charge in [0.1, 0.15) is 0 Å². The number of rotatable bonds is 0. The molecule has 0 saturated carbocycles. The molecule has 4 N–H and O–H groups in total. The number of nitrogens with two attached hydrogens (primary N) is 1. The van der Waals surface area contributed by atoms with Crippen LogP contribution < -0.4 is 11.2 Å². The van der Waals surface area contributed by atoms with Gasteiger partial charge < -0.3 is 5.73 Å².